The van der Waals surface area contributed by atoms with Crippen LogP contribution in [0.4, 0.5) is 0 Å². The van der Waals surface area contributed by atoms with Gasteiger partial charge in [0, 0.05) is 12.5 Å². The Morgan fingerprint density at radius 3 is 2.93 bits per heavy atom. The number of hydrogen-bond donors (Lipinski definition) is 1. The molecule has 3 unspecified atom stereocenters. The molecule has 2 saturated heterocycles. The van der Waals surface area contributed by atoms with Gasteiger partial charge in [0.1, 0.15) is 0 Å². The van der Waals surface area contributed by atoms with Gasteiger partial charge in [-0.3, -0.25) is 0 Å². The first-order valence-corrected chi connectivity index (χ1v) is 5.73. The third-order valence-corrected chi connectivity index (χ3v) is 3.18. The summed E-state index contributed by atoms with van der Waals surface area (Å²) in [4.78, 5) is 0. The second kappa shape index (κ2) is 4.17. The normalized spacial score (nSPS) is 42.4. The number of rotatable bonds is 3. The van der Waals surface area contributed by atoms with E-state index >= 15 is 0 Å². The van der Waals surface area contributed by atoms with Crippen LogP contribution in [0, 0.1) is 0 Å². The molecule has 1 N–H and O–H groups in total. The van der Waals surface area contributed by atoms with Crippen LogP contribution >= 0.6 is 0 Å². The molecule has 2 fully saturated rings. The van der Waals surface area contributed by atoms with Gasteiger partial charge in [0.25, 0.3) is 0 Å². The van der Waals surface area contributed by atoms with Crippen LogP contribution in [0.5, 0.6) is 0 Å². The maximum Gasteiger partial charge on any atom is 0.0955 e. The first-order valence-electron chi connectivity index (χ1n) is 5.73. The second-order valence-corrected chi connectivity index (χ2v) is 4.67. The summed E-state index contributed by atoms with van der Waals surface area (Å²) in [6.07, 6.45) is 3.75. The molecule has 1 spiro atoms. The summed E-state index contributed by atoms with van der Waals surface area (Å²) in [7, 11) is 0. The molecule has 3 heteroatoms. The minimum atomic E-state index is 0.0465. The zero-order chi connectivity index (χ0) is 10.0. The molecule has 0 aromatic carbocycles. The van der Waals surface area contributed by atoms with E-state index in [4.69, 9.17) is 9.47 Å². The van der Waals surface area contributed by atoms with E-state index in [2.05, 4.69) is 19.2 Å². The van der Waals surface area contributed by atoms with E-state index in [0.29, 0.717) is 12.1 Å². The Bertz CT molecular complexity index is 198. The summed E-state index contributed by atoms with van der Waals surface area (Å²) in [6.45, 7) is 7.07. The molecular weight excluding hydrogens is 178 g/mol. The molecule has 14 heavy (non-hydrogen) atoms. The molecule has 0 aromatic heterocycles. The topological polar surface area (TPSA) is 30.5 Å². The molecule has 2 aliphatic heterocycles. The lowest BCUT2D eigenvalue weighted by Gasteiger charge is -2.19. The lowest BCUT2D eigenvalue weighted by molar-refractivity contribution is -0.00528. The molecule has 0 saturated carbocycles. The maximum atomic E-state index is 5.89. The highest BCUT2D eigenvalue weighted by atomic mass is 16.6. The molecule has 0 aromatic rings. The van der Waals surface area contributed by atoms with Gasteiger partial charge >= 0.3 is 0 Å². The summed E-state index contributed by atoms with van der Waals surface area (Å²) in [5.74, 6) is 0. The molecular formula is C11H21NO2. The SMILES string of the molecule is CCCNC1COC2(COC(C)C2)C1. The van der Waals surface area contributed by atoms with Crippen LogP contribution in [0.15, 0.2) is 0 Å². The van der Waals surface area contributed by atoms with Crippen LogP contribution in [-0.4, -0.2) is 37.5 Å². The largest absolute Gasteiger partial charge is 0.375 e. The van der Waals surface area contributed by atoms with Gasteiger partial charge in [-0.2, -0.15) is 0 Å². The van der Waals surface area contributed by atoms with Gasteiger partial charge in [-0.1, -0.05) is 6.92 Å². The first kappa shape index (κ1) is 10.4. The molecule has 2 heterocycles. The number of nitrogens with one attached hydrogen (secondary N) is 1. The Labute approximate surface area is 86.2 Å². The van der Waals surface area contributed by atoms with Crippen molar-refractivity contribution in [1.29, 1.82) is 0 Å². The van der Waals surface area contributed by atoms with Gasteiger partial charge in [-0.15, -0.1) is 0 Å². The van der Waals surface area contributed by atoms with Gasteiger partial charge in [0.15, 0.2) is 0 Å². The number of hydrogen-bond acceptors (Lipinski definition) is 3. The van der Waals surface area contributed by atoms with E-state index in [0.717, 1.165) is 32.6 Å². The van der Waals surface area contributed by atoms with Gasteiger partial charge in [-0.25, -0.2) is 0 Å². The average Bonchev–Trinajstić information content (AvgIpc) is 2.72. The highest BCUT2D eigenvalue weighted by Crippen LogP contribution is 2.36. The van der Waals surface area contributed by atoms with E-state index in [-0.39, 0.29) is 5.60 Å². The van der Waals surface area contributed by atoms with Crippen molar-refractivity contribution in [2.75, 3.05) is 19.8 Å². The Hall–Kier alpha value is -0.120. The lowest BCUT2D eigenvalue weighted by atomic mass is 9.95. The van der Waals surface area contributed by atoms with E-state index in [1.807, 2.05) is 0 Å². The van der Waals surface area contributed by atoms with Crippen LogP contribution < -0.4 is 5.32 Å². The summed E-state index contributed by atoms with van der Waals surface area (Å²) in [5, 5.41) is 3.52. The van der Waals surface area contributed by atoms with Gasteiger partial charge in [0.05, 0.1) is 24.9 Å². The van der Waals surface area contributed by atoms with Crippen LogP contribution in [0.1, 0.15) is 33.1 Å². The van der Waals surface area contributed by atoms with Gasteiger partial charge in [-0.05, 0) is 26.3 Å². The Kier molecular flexibility index (Phi) is 3.10. The minimum absolute atomic E-state index is 0.0465. The average molecular weight is 199 g/mol. The third kappa shape index (κ3) is 2.10. The summed E-state index contributed by atoms with van der Waals surface area (Å²) in [5.41, 5.74) is 0.0465. The van der Waals surface area contributed by atoms with Crippen molar-refractivity contribution in [2.24, 2.45) is 0 Å². The van der Waals surface area contributed by atoms with E-state index in [1.54, 1.807) is 0 Å². The van der Waals surface area contributed by atoms with Crippen molar-refractivity contribution < 1.29 is 9.47 Å². The lowest BCUT2D eigenvalue weighted by Crippen LogP contribution is -2.33. The quantitative estimate of drug-likeness (QED) is 0.743. The van der Waals surface area contributed by atoms with Crippen molar-refractivity contribution in [3.8, 4) is 0 Å². The maximum absolute atomic E-state index is 5.89. The summed E-state index contributed by atoms with van der Waals surface area (Å²) < 4.78 is 11.5. The van der Waals surface area contributed by atoms with Gasteiger partial charge in [0.2, 0.25) is 0 Å². The molecule has 3 nitrogen and oxygen atoms in total. The minimum Gasteiger partial charge on any atom is -0.375 e. The molecule has 2 aliphatic rings. The number of ether oxygens (including phenoxy) is 2. The zero-order valence-corrected chi connectivity index (χ0v) is 9.21. The predicted molar refractivity (Wildman–Crippen MR) is 55.4 cm³/mol. The van der Waals surface area contributed by atoms with Crippen molar-refractivity contribution >= 4 is 0 Å². The third-order valence-electron chi connectivity index (χ3n) is 3.18. The Balaban J connectivity index is 1.82. The molecule has 0 aliphatic carbocycles. The van der Waals surface area contributed by atoms with E-state index in [9.17, 15) is 0 Å². The highest BCUT2D eigenvalue weighted by molar-refractivity contribution is 4.96. The first-order chi connectivity index (χ1) is 6.74. The summed E-state index contributed by atoms with van der Waals surface area (Å²) in [6, 6.07) is 0.545. The standard InChI is InChI=1S/C11H21NO2/c1-3-4-12-10-6-11(14-7-10)5-9(2)13-8-11/h9-10,12H,3-8H2,1-2H3. The zero-order valence-electron chi connectivity index (χ0n) is 9.21. The smallest absolute Gasteiger partial charge is 0.0955 e. The molecule has 0 radical (unpaired) electrons. The summed E-state index contributed by atoms with van der Waals surface area (Å²) >= 11 is 0. The van der Waals surface area contributed by atoms with E-state index < -0.39 is 0 Å². The molecule has 3 atom stereocenters. The predicted octanol–water partition coefficient (Wildman–Crippen LogP) is 1.32. The molecule has 0 bridgehead atoms. The fourth-order valence-corrected chi connectivity index (χ4v) is 2.50. The Morgan fingerprint density at radius 2 is 2.29 bits per heavy atom. The molecule has 0 amide bonds. The molecule has 82 valence electrons. The van der Waals surface area contributed by atoms with Crippen LogP contribution in [0.2, 0.25) is 0 Å². The van der Waals surface area contributed by atoms with Crippen LogP contribution in [-0.2, 0) is 9.47 Å². The van der Waals surface area contributed by atoms with Crippen molar-refractivity contribution in [3.63, 3.8) is 0 Å². The van der Waals surface area contributed by atoms with Crippen molar-refractivity contribution in [1.82, 2.24) is 5.32 Å². The van der Waals surface area contributed by atoms with Crippen molar-refractivity contribution in [3.05, 3.63) is 0 Å². The van der Waals surface area contributed by atoms with Gasteiger partial charge < -0.3 is 14.8 Å². The highest BCUT2D eigenvalue weighted by Gasteiger charge is 2.45. The van der Waals surface area contributed by atoms with Crippen LogP contribution in [0.3, 0.4) is 0 Å². The molecule has 2 rings (SSSR count). The van der Waals surface area contributed by atoms with E-state index in [1.165, 1.54) is 6.42 Å². The fourth-order valence-electron chi connectivity index (χ4n) is 2.50. The second-order valence-electron chi connectivity index (χ2n) is 4.67. The van der Waals surface area contributed by atoms with Crippen molar-refractivity contribution in [2.45, 2.75) is 50.9 Å². The van der Waals surface area contributed by atoms with Crippen LogP contribution in [0.25, 0.3) is 0 Å². The monoisotopic (exact) mass is 199 g/mol. The fraction of sp³-hybridized carbons (Fsp3) is 1.00. The Morgan fingerprint density at radius 1 is 1.43 bits per heavy atom.